The van der Waals surface area contributed by atoms with Crippen LogP contribution in [0, 0.1) is 6.92 Å². The van der Waals surface area contributed by atoms with E-state index >= 15 is 0 Å². The Balaban J connectivity index is 1.59. The van der Waals surface area contributed by atoms with E-state index in [1.807, 2.05) is 4.90 Å². The number of piperidine rings is 1. The van der Waals surface area contributed by atoms with Gasteiger partial charge in [0, 0.05) is 37.2 Å². The number of carbonyl (C=O) groups excluding carboxylic acids is 1. The fraction of sp³-hybridized carbons (Fsp3) is 0.588. The Labute approximate surface area is 145 Å². The summed E-state index contributed by atoms with van der Waals surface area (Å²) >= 11 is 0. The van der Waals surface area contributed by atoms with Gasteiger partial charge in [-0.1, -0.05) is 5.16 Å². The number of nitrogens with two attached hydrogens (primary N) is 1. The van der Waals surface area contributed by atoms with E-state index in [-0.39, 0.29) is 17.8 Å². The van der Waals surface area contributed by atoms with Crippen LogP contribution in [-0.4, -0.2) is 44.0 Å². The van der Waals surface area contributed by atoms with E-state index in [9.17, 15) is 4.79 Å². The summed E-state index contributed by atoms with van der Waals surface area (Å²) in [6.07, 6.45) is 5.72. The lowest BCUT2D eigenvalue weighted by molar-refractivity contribution is 0.0696. The van der Waals surface area contributed by atoms with Crippen molar-refractivity contribution in [3.8, 4) is 0 Å². The van der Waals surface area contributed by atoms with Crippen molar-refractivity contribution in [3.63, 3.8) is 0 Å². The fourth-order valence-electron chi connectivity index (χ4n) is 3.79. The van der Waals surface area contributed by atoms with Crippen LogP contribution < -0.4 is 5.73 Å². The lowest BCUT2D eigenvalue weighted by Crippen LogP contribution is -2.40. The number of aryl methyl sites for hydroxylation is 2. The molecule has 132 valence electrons. The van der Waals surface area contributed by atoms with Gasteiger partial charge in [-0.2, -0.15) is 4.98 Å². The maximum absolute atomic E-state index is 13.1. The van der Waals surface area contributed by atoms with Crippen molar-refractivity contribution in [3.05, 3.63) is 28.7 Å². The van der Waals surface area contributed by atoms with Crippen molar-refractivity contribution in [1.82, 2.24) is 25.0 Å². The highest BCUT2D eigenvalue weighted by Crippen LogP contribution is 2.28. The summed E-state index contributed by atoms with van der Waals surface area (Å²) in [5.41, 5.74) is 8.23. The average Bonchev–Trinajstić information content (AvgIpc) is 3.07. The van der Waals surface area contributed by atoms with Crippen molar-refractivity contribution in [2.45, 2.75) is 51.4 Å². The first-order valence-corrected chi connectivity index (χ1v) is 8.86. The number of anilines is 1. The highest BCUT2D eigenvalue weighted by Gasteiger charge is 2.31. The normalized spacial score (nSPS) is 20.4. The van der Waals surface area contributed by atoms with E-state index in [0.29, 0.717) is 30.5 Å². The minimum absolute atomic E-state index is 0.0582. The number of rotatable bonds is 2. The molecular weight excluding hydrogens is 320 g/mol. The van der Waals surface area contributed by atoms with E-state index in [0.717, 1.165) is 49.8 Å². The molecule has 1 amide bonds. The number of nitrogen functional groups attached to an aromatic ring is 1. The SMILES string of the molecule is Cc1nc([C@H]2CCCN(C(=O)c3nc(N)nc4c3CCCC4)C2)no1. The van der Waals surface area contributed by atoms with Gasteiger partial charge in [0.05, 0.1) is 0 Å². The van der Waals surface area contributed by atoms with Crippen molar-refractivity contribution in [1.29, 1.82) is 0 Å². The summed E-state index contributed by atoms with van der Waals surface area (Å²) in [5.74, 6) is 1.46. The quantitative estimate of drug-likeness (QED) is 0.883. The van der Waals surface area contributed by atoms with Gasteiger partial charge in [-0.25, -0.2) is 9.97 Å². The highest BCUT2D eigenvalue weighted by molar-refractivity contribution is 5.94. The molecule has 2 aliphatic rings. The van der Waals surface area contributed by atoms with Gasteiger partial charge in [-0.15, -0.1) is 0 Å². The van der Waals surface area contributed by atoms with Crippen LogP contribution in [0.3, 0.4) is 0 Å². The summed E-state index contributed by atoms with van der Waals surface area (Å²) in [4.78, 5) is 27.9. The third-order valence-corrected chi connectivity index (χ3v) is 5.02. The molecule has 4 rings (SSSR count). The van der Waals surface area contributed by atoms with Gasteiger partial charge < -0.3 is 15.2 Å². The molecule has 1 saturated heterocycles. The first-order chi connectivity index (χ1) is 12.1. The number of hydrogen-bond acceptors (Lipinski definition) is 7. The first kappa shape index (κ1) is 16.0. The zero-order valence-electron chi connectivity index (χ0n) is 14.4. The molecule has 0 unspecified atom stereocenters. The second kappa shape index (κ2) is 6.42. The molecule has 1 atom stereocenters. The number of hydrogen-bond donors (Lipinski definition) is 1. The smallest absolute Gasteiger partial charge is 0.272 e. The monoisotopic (exact) mass is 342 g/mol. The first-order valence-electron chi connectivity index (χ1n) is 8.86. The van der Waals surface area contributed by atoms with Crippen LogP contribution in [0.4, 0.5) is 5.95 Å². The number of fused-ring (bicyclic) bond motifs is 1. The zero-order valence-corrected chi connectivity index (χ0v) is 14.4. The molecule has 0 saturated carbocycles. The molecule has 3 heterocycles. The molecule has 1 aliphatic heterocycles. The minimum atomic E-state index is -0.0582. The molecule has 2 aromatic rings. The van der Waals surface area contributed by atoms with Gasteiger partial charge >= 0.3 is 0 Å². The van der Waals surface area contributed by atoms with Gasteiger partial charge in [0.1, 0.15) is 5.69 Å². The average molecular weight is 342 g/mol. The van der Waals surface area contributed by atoms with E-state index in [1.165, 1.54) is 0 Å². The number of aromatic nitrogens is 4. The second-order valence-corrected chi connectivity index (χ2v) is 6.82. The topological polar surface area (TPSA) is 111 Å². The highest BCUT2D eigenvalue weighted by atomic mass is 16.5. The Morgan fingerprint density at radius 1 is 1.20 bits per heavy atom. The summed E-state index contributed by atoms with van der Waals surface area (Å²) < 4.78 is 5.09. The predicted octanol–water partition coefficient (Wildman–Crippen LogP) is 1.65. The minimum Gasteiger partial charge on any atom is -0.368 e. The van der Waals surface area contributed by atoms with Gasteiger partial charge in [0.15, 0.2) is 5.82 Å². The molecule has 8 heteroatoms. The number of amides is 1. The molecular formula is C17H22N6O2. The van der Waals surface area contributed by atoms with Gasteiger partial charge in [-0.05, 0) is 38.5 Å². The number of carbonyl (C=O) groups is 1. The third-order valence-electron chi connectivity index (χ3n) is 5.02. The molecule has 25 heavy (non-hydrogen) atoms. The Bertz CT molecular complexity index is 802. The fourth-order valence-corrected chi connectivity index (χ4v) is 3.79. The number of likely N-dealkylation sites (tertiary alicyclic amines) is 1. The molecule has 0 radical (unpaired) electrons. The Kier molecular flexibility index (Phi) is 4.10. The lowest BCUT2D eigenvalue weighted by atomic mass is 9.93. The predicted molar refractivity (Wildman–Crippen MR) is 90.0 cm³/mol. The number of nitrogens with zero attached hydrogens (tertiary/aromatic N) is 5. The van der Waals surface area contributed by atoms with Gasteiger partial charge in [-0.3, -0.25) is 4.79 Å². The summed E-state index contributed by atoms with van der Waals surface area (Å²) in [5, 5.41) is 4.02. The van der Waals surface area contributed by atoms with Gasteiger partial charge in [0.2, 0.25) is 11.8 Å². The van der Waals surface area contributed by atoms with E-state index in [2.05, 4.69) is 20.1 Å². The zero-order chi connectivity index (χ0) is 17.4. The largest absolute Gasteiger partial charge is 0.368 e. The second-order valence-electron chi connectivity index (χ2n) is 6.82. The van der Waals surface area contributed by atoms with Gasteiger partial charge in [0.25, 0.3) is 5.91 Å². The van der Waals surface area contributed by atoms with Crippen molar-refractivity contribution >= 4 is 11.9 Å². The van der Waals surface area contributed by atoms with Crippen LogP contribution in [0.2, 0.25) is 0 Å². The summed E-state index contributed by atoms with van der Waals surface area (Å²) in [6, 6.07) is 0. The molecule has 0 aromatic carbocycles. The molecule has 0 spiro atoms. The van der Waals surface area contributed by atoms with Crippen LogP contribution in [0.25, 0.3) is 0 Å². The molecule has 1 aliphatic carbocycles. The lowest BCUT2D eigenvalue weighted by Gasteiger charge is -2.32. The standard InChI is InChI=1S/C17H22N6O2/c1-10-19-15(22-25-10)11-5-4-8-23(9-11)16(24)14-12-6-2-3-7-13(12)20-17(18)21-14/h11H,2-9H2,1H3,(H2,18,20,21)/t11-/m0/s1. The maximum atomic E-state index is 13.1. The summed E-state index contributed by atoms with van der Waals surface area (Å²) in [7, 11) is 0. The van der Waals surface area contributed by atoms with Crippen molar-refractivity contribution in [2.24, 2.45) is 0 Å². The molecule has 2 N–H and O–H groups in total. The Hall–Kier alpha value is -2.51. The molecule has 2 aromatic heterocycles. The Morgan fingerprint density at radius 2 is 2.04 bits per heavy atom. The van der Waals surface area contributed by atoms with E-state index in [4.69, 9.17) is 10.3 Å². The van der Waals surface area contributed by atoms with Crippen molar-refractivity contribution < 1.29 is 9.32 Å². The maximum Gasteiger partial charge on any atom is 0.272 e. The summed E-state index contributed by atoms with van der Waals surface area (Å²) in [6.45, 7) is 3.07. The third kappa shape index (κ3) is 3.08. The molecule has 1 fully saturated rings. The van der Waals surface area contributed by atoms with E-state index < -0.39 is 0 Å². The molecule has 8 nitrogen and oxygen atoms in total. The Morgan fingerprint density at radius 3 is 2.84 bits per heavy atom. The van der Waals surface area contributed by atoms with Crippen LogP contribution >= 0.6 is 0 Å². The molecule has 0 bridgehead atoms. The van der Waals surface area contributed by atoms with Crippen molar-refractivity contribution in [2.75, 3.05) is 18.8 Å². The van der Waals surface area contributed by atoms with Crippen LogP contribution in [0.5, 0.6) is 0 Å². The van der Waals surface area contributed by atoms with Crippen LogP contribution in [0.1, 0.15) is 65.1 Å². The van der Waals surface area contributed by atoms with Crippen LogP contribution in [-0.2, 0) is 12.8 Å². The van der Waals surface area contributed by atoms with E-state index in [1.54, 1.807) is 6.92 Å². The van der Waals surface area contributed by atoms with Crippen LogP contribution in [0.15, 0.2) is 4.52 Å².